The number of nitrogens with one attached hydrogen (secondary N) is 1. The van der Waals surface area contributed by atoms with Gasteiger partial charge in [0.15, 0.2) is 0 Å². The van der Waals surface area contributed by atoms with Crippen LogP contribution in [0, 0.1) is 5.92 Å². The van der Waals surface area contributed by atoms with Crippen LogP contribution in [-0.2, 0) is 6.54 Å². The van der Waals surface area contributed by atoms with E-state index in [1.54, 1.807) is 0 Å². The van der Waals surface area contributed by atoms with Gasteiger partial charge in [0.05, 0.1) is 0 Å². The molecule has 0 spiro atoms. The molecule has 1 aromatic rings. The molecule has 2 rings (SSSR count). The monoisotopic (exact) mass is 314 g/mol. The molecule has 4 heteroatoms. The second kappa shape index (κ2) is 7.13. The van der Waals surface area contributed by atoms with Crippen LogP contribution in [0.1, 0.15) is 32.8 Å². The molecular formula is C16H24Cl2N2. The first kappa shape index (κ1) is 16.1. The summed E-state index contributed by atoms with van der Waals surface area (Å²) in [5, 5.41) is 5.20. The van der Waals surface area contributed by atoms with E-state index in [1.807, 2.05) is 18.2 Å². The first-order chi connectivity index (χ1) is 9.45. The van der Waals surface area contributed by atoms with Gasteiger partial charge in [-0.15, -0.1) is 0 Å². The van der Waals surface area contributed by atoms with Crippen molar-refractivity contribution in [2.24, 2.45) is 5.92 Å². The Bertz CT molecular complexity index is 448. The van der Waals surface area contributed by atoms with Crippen molar-refractivity contribution in [3.05, 3.63) is 33.8 Å². The Hall–Kier alpha value is -0.280. The van der Waals surface area contributed by atoms with E-state index in [0.29, 0.717) is 12.1 Å². The third-order valence-corrected chi connectivity index (χ3v) is 4.52. The summed E-state index contributed by atoms with van der Waals surface area (Å²) in [5.41, 5.74) is 1.12. The van der Waals surface area contributed by atoms with E-state index in [2.05, 4.69) is 31.0 Å². The predicted octanol–water partition coefficient (Wildman–Crippen LogP) is 4.20. The highest BCUT2D eigenvalue weighted by Crippen LogP contribution is 2.24. The van der Waals surface area contributed by atoms with E-state index >= 15 is 0 Å². The molecule has 2 atom stereocenters. The third kappa shape index (κ3) is 4.36. The number of hydrogen-bond donors (Lipinski definition) is 1. The molecule has 0 radical (unpaired) electrons. The average Bonchev–Trinajstić information content (AvgIpc) is 2.37. The zero-order chi connectivity index (χ0) is 14.7. The summed E-state index contributed by atoms with van der Waals surface area (Å²) in [6, 6.07) is 6.81. The molecule has 1 saturated heterocycles. The summed E-state index contributed by atoms with van der Waals surface area (Å²) in [6.07, 6.45) is 1.21. The van der Waals surface area contributed by atoms with E-state index in [9.17, 15) is 0 Å². The Morgan fingerprint density at radius 3 is 2.80 bits per heavy atom. The molecule has 1 N–H and O–H groups in total. The van der Waals surface area contributed by atoms with Crippen LogP contribution in [0.3, 0.4) is 0 Å². The normalized spacial score (nSPS) is 24.3. The first-order valence-electron chi connectivity index (χ1n) is 7.37. The largest absolute Gasteiger partial charge is 0.311 e. The molecule has 2 nitrogen and oxygen atoms in total. The van der Waals surface area contributed by atoms with Gasteiger partial charge in [0, 0.05) is 41.8 Å². The maximum absolute atomic E-state index is 6.28. The third-order valence-electron chi connectivity index (χ3n) is 3.92. The molecular weight excluding hydrogens is 291 g/mol. The lowest BCUT2D eigenvalue weighted by Gasteiger charge is -2.39. The Morgan fingerprint density at radius 1 is 1.35 bits per heavy atom. The number of nitrogens with zero attached hydrogens (tertiary/aromatic N) is 1. The maximum Gasteiger partial charge on any atom is 0.0452 e. The van der Waals surface area contributed by atoms with Crippen LogP contribution in [0.4, 0.5) is 0 Å². The molecule has 0 aliphatic carbocycles. The van der Waals surface area contributed by atoms with Crippen molar-refractivity contribution in [2.45, 2.75) is 45.8 Å². The van der Waals surface area contributed by atoms with Gasteiger partial charge in [0.25, 0.3) is 0 Å². The van der Waals surface area contributed by atoms with Gasteiger partial charge in [-0.3, -0.25) is 4.90 Å². The van der Waals surface area contributed by atoms with E-state index in [-0.39, 0.29) is 0 Å². The van der Waals surface area contributed by atoms with Gasteiger partial charge in [-0.25, -0.2) is 0 Å². The second-order valence-corrected chi connectivity index (χ2v) is 7.09. The number of halogens is 2. The lowest BCUT2D eigenvalue weighted by atomic mass is 9.99. The molecule has 2 unspecified atom stereocenters. The Labute approximate surface area is 132 Å². The standard InChI is InChI=1S/C16H24Cl2N2/c1-11(2)6-15-10-20(12(3)8-19-15)9-13-7-14(17)4-5-16(13)18/h4-5,7,11-12,15,19H,6,8-10H2,1-3H3. The first-order valence-corrected chi connectivity index (χ1v) is 8.12. The fourth-order valence-corrected chi connectivity index (χ4v) is 3.20. The lowest BCUT2D eigenvalue weighted by Crippen LogP contribution is -2.55. The smallest absolute Gasteiger partial charge is 0.0452 e. The Morgan fingerprint density at radius 2 is 2.10 bits per heavy atom. The van der Waals surface area contributed by atoms with Crippen LogP contribution in [0.15, 0.2) is 18.2 Å². The summed E-state index contributed by atoms with van der Waals surface area (Å²) >= 11 is 12.4. The van der Waals surface area contributed by atoms with Gasteiger partial charge in [0.2, 0.25) is 0 Å². The van der Waals surface area contributed by atoms with E-state index in [0.717, 1.165) is 41.2 Å². The van der Waals surface area contributed by atoms with Crippen molar-refractivity contribution in [3.63, 3.8) is 0 Å². The molecule has 0 amide bonds. The summed E-state index contributed by atoms with van der Waals surface area (Å²) in [7, 11) is 0. The van der Waals surface area contributed by atoms with Gasteiger partial charge >= 0.3 is 0 Å². The fourth-order valence-electron chi connectivity index (χ4n) is 2.82. The Kier molecular flexibility index (Phi) is 5.74. The predicted molar refractivity (Wildman–Crippen MR) is 87.6 cm³/mol. The molecule has 1 aliphatic heterocycles. The minimum atomic E-state index is 0.522. The summed E-state index contributed by atoms with van der Waals surface area (Å²) in [6.45, 7) is 9.79. The lowest BCUT2D eigenvalue weighted by molar-refractivity contribution is 0.125. The van der Waals surface area contributed by atoms with Gasteiger partial charge in [0.1, 0.15) is 0 Å². The van der Waals surface area contributed by atoms with Crippen molar-refractivity contribution in [2.75, 3.05) is 13.1 Å². The number of benzene rings is 1. The molecule has 1 fully saturated rings. The summed E-state index contributed by atoms with van der Waals surface area (Å²) in [4.78, 5) is 2.50. The molecule has 1 aromatic carbocycles. The van der Waals surface area contributed by atoms with Crippen LogP contribution < -0.4 is 5.32 Å². The van der Waals surface area contributed by atoms with Gasteiger partial charge in [-0.1, -0.05) is 37.0 Å². The van der Waals surface area contributed by atoms with Crippen LogP contribution in [0.25, 0.3) is 0 Å². The highest BCUT2D eigenvalue weighted by atomic mass is 35.5. The van der Waals surface area contributed by atoms with Crippen molar-refractivity contribution in [3.8, 4) is 0 Å². The van der Waals surface area contributed by atoms with Crippen LogP contribution in [0.2, 0.25) is 10.0 Å². The summed E-state index contributed by atoms with van der Waals surface area (Å²) < 4.78 is 0. The highest BCUT2D eigenvalue weighted by molar-refractivity contribution is 6.33. The molecule has 0 bridgehead atoms. The summed E-state index contributed by atoms with van der Waals surface area (Å²) in [5.74, 6) is 0.720. The van der Waals surface area contributed by atoms with Crippen molar-refractivity contribution in [1.82, 2.24) is 10.2 Å². The van der Waals surface area contributed by atoms with Gasteiger partial charge in [-0.2, -0.15) is 0 Å². The highest BCUT2D eigenvalue weighted by Gasteiger charge is 2.25. The number of hydrogen-bond acceptors (Lipinski definition) is 2. The fraction of sp³-hybridized carbons (Fsp3) is 0.625. The topological polar surface area (TPSA) is 15.3 Å². The maximum atomic E-state index is 6.28. The molecule has 20 heavy (non-hydrogen) atoms. The Balaban J connectivity index is 2.04. The molecule has 1 aliphatic rings. The van der Waals surface area contributed by atoms with Crippen molar-refractivity contribution in [1.29, 1.82) is 0 Å². The zero-order valence-corrected chi connectivity index (χ0v) is 14.0. The number of piperazine rings is 1. The molecule has 112 valence electrons. The molecule has 0 aromatic heterocycles. The van der Waals surface area contributed by atoms with Crippen LogP contribution >= 0.6 is 23.2 Å². The SMILES string of the molecule is CC(C)CC1CN(Cc2cc(Cl)ccc2Cl)C(C)CN1. The second-order valence-electron chi connectivity index (χ2n) is 6.25. The minimum absolute atomic E-state index is 0.522. The van der Waals surface area contributed by atoms with E-state index in [1.165, 1.54) is 6.42 Å². The average molecular weight is 315 g/mol. The molecule has 0 saturated carbocycles. The van der Waals surface area contributed by atoms with Gasteiger partial charge in [-0.05, 0) is 43.0 Å². The number of rotatable bonds is 4. The minimum Gasteiger partial charge on any atom is -0.311 e. The van der Waals surface area contributed by atoms with Gasteiger partial charge < -0.3 is 5.32 Å². The van der Waals surface area contributed by atoms with E-state index < -0.39 is 0 Å². The molecule has 1 heterocycles. The van der Waals surface area contributed by atoms with Crippen LogP contribution in [-0.4, -0.2) is 30.1 Å². The van der Waals surface area contributed by atoms with Crippen molar-refractivity contribution >= 4 is 23.2 Å². The van der Waals surface area contributed by atoms with E-state index in [4.69, 9.17) is 23.2 Å². The quantitative estimate of drug-likeness (QED) is 0.896. The van der Waals surface area contributed by atoms with Crippen molar-refractivity contribution < 1.29 is 0 Å². The zero-order valence-electron chi connectivity index (χ0n) is 12.5. The van der Waals surface area contributed by atoms with Crippen LogP contribution in [0.5, 0.6) is 0 Å².